The molecule has 1 aliphatic heterocycles. The lowest BCUT2D eigenvalue weighted by Crippen LogP contribution is -2.10. The summed E-state index contributed by atoms with van der Waals surface area (Å²) >= 11 is 0. The molecule has 18 heavy (non-hydrogen) atoms. The standard InChI is InChI=1S/C12H14FN3.2ClH/c1-16-11(8-2-3-14-6-8)5-9-4-10(13)7-15-12(9)16;;/h4-5,7-8,14H,2-3,6H2,1H3;2*1H. The lowest BCUT2D eigenvalue weighted by atomic mass is 10.1. The fourth-order valence-corrected chi connectivity index (χ4v) is 2.51. The average molecular weight is 292 g/mol. The van der Waals surface area contributed by atoms with Gasteiger partial charge < -0.3 is 9.88 Å². The highest BCUT2D eigenvalue weighted by Gasteiger charge is 2.20. The second kappa shape index (κ2) is 5.87. The van der Waals surface area contributed by atoms with Gasteiger partial charge in [-0.2, -0.15) is 0 Å². The largest absolute Gasteiger partial charge is 0.332 e. The molecule has 2 aromatic rings. The van der Waals surface area contributed by atoms with E-state index >= 15 is 0 Å². The molecule has 1 unspecified atom stereocenters. The van der Waals surface area contributed by atoms with Gasteiger partial charge in [0.05, 0.1) is 6.20 Å². The van der Waals surface area contributed by atoms with Crippen molar-refractivity contribution in [2.75, 3.05) is 13.1 Å². The number of nitrogens with one attached hydrogen (secondary N) is 1. The van der Waals surface area contributed by atoms with Crippen molar-refractivity contribution < 1.29 is 4.39 Å². The molecule has 3 nitrogen and oxygen atoms in total. The van der Waals surface area contributed by atoms with Crippen molar-refractivity contribution in [3.05, 3.63) is 29.8 Å². The molecule has 3 heterocycles. The number of nitrogens with zero attached hydrogens (tertiary/aromatic N) is 2. The topological polar surface area (TPSA) is 29.9 Å². The van der Waals surface area contributed by atoms with Gasteiger partial charge in [0.1, 0.15) is 11.5 Å². The van der Waals surface area contributed by atoms with E-state index < -0.39 is 0 Å². The van der Waals surface area contributed by atoms with Gasteiger partial charge in [0.25, 0.3) is 0 Å². The van der Waals surface area contributed by atoms with Crippen molar-refractivity contribution in [2.24, 2.45) is 7.05 Å². The van der Waals surface area contributed by atoms with E-state index in [2.05, 4.69) is 20.9 Å². The van der Waals surface area contributed by atoms with E-state index in [1.54, 1.807) is 6.07 Å². The van der Waals surface area contributed by atoms with E-state index in [1.165, 1.54) is 11.9 Å². The van der Waals surface area contributed by atoms with E-state index in [1.807, 2.05) is 7.05 Å². The summed E-state index contributed by atoms with van der Waals surface area (Å²) in [5, 5.41) is 4.24. The predicted octanol–water partition coefficient (Wildman–Crippen LogP) is 2.63. The second-order valence-corrected chi connectivity index (χ2v) is 4.38. The monoisotopic (exact) mass is 291 g/mol. The number of aromatic nitrogens is 2. The van der Waals surface area contributed by atoms with Crippen LogP contribution >= 0.6 is 24.8 Å². The third kappa shape index (κ3) is 2.46. The smallest absolute Gasteiger partial charge is 0.142 e. The van der Waals surface area contributed by atoms with Crippen LogP contribution in [0.1, 0.15) is 18.0 Å². The molecule has 1 saturated heterocycles. The molecule has 0 amide bonds. The third-order valence-electron chi connectivity index (χ3n) is 3.35. The zero-order valence-corrected chi connectivity index (χ0v) is 11.7. The molecule has 0 spiro atoms. The molecule has 100 valence electrons. The minimum absolute atomic E-state index is 0. The van der Waals surface area contributed by atoms with Crippen LogP contribution in [0, 0.1) is 5.82 Å². The Morgan fingerprint density at radius 2 is 2.17 bits per heavy atom. The maximum Gasteiger partial charge on any atom is 0.142 e. The summed E-state index contributed by atoms with van der Waals surface area (Å²) in [6.45, 7) is 2.07. The van der Waals surface area contributed by atoms with E-state index in [4.69, 9.17) is 0 Å². The quantitative estimate of drug-likeness (QED) is 0.875. The first-order valence-electron chi connectivity index (χ1n) is 5.57. The fraction of sp³-hybridized carbons (Fsp3) is 0.417. The average Bonchev–Trinajstić information content (AvgIpc) is 2.86. The van der Waals surface area contributed by atoms with Crippen molar-refractivity contribution in [2.45, 2.75) is 12.3 Å². The zero-order chi connectivity index (χ0) is 11.1. The summed E-state index contributed by atoms with van der Waals surface area (Å²) in [5.74, 6) is 0.261. The van der Waals surface area contributed by atoms with Crippen LogP contribution in [-0.4, -0.2) is 22.6 Å². The van der Waals surface area contributed by atoms with Crippen LogP contribution in [0.15, 0.2) is 18.3 Å². The SMILES string of the molecule is Cl.Cl.Cn1c(C2CCNC2)cc2cc(F)cnc21. The Morgan fingerprint density at radius 1 is 1.39 bits per heavy atom. The van der Waals surface area contributed by atoms with E-state index in [0.717, 1.165) is 30.5 Å². The fourth-order valence-electron chi connectivity index (χ4n) is 2.51. The van der Waals surface area contributed by atoms with Crippen LogP contribution in [0.25, 0.3) is 11.0 Å². The van der Waals surface area contributed by atoms with E-state index in [0.29, 0.717) is 5.92 Å². The molecular formula is C12H16Cl2FN3. The number of pyridine rings is 1. The number of hydrogen-bond acceptors (Lipinski definition) is 2. The Labute approximate surface area is 118 Å². The van der Waals surface area contributed by atoms with Crippen molar-refractivity contribution in [3.63, 3.8) is 0 Å². The minimum atomic E-state index is -0.269. The Balaban J connectivity index is 0.000000810. The first kappa shape index (κ1) is 15.2. The van der Waals surface area contributed by atoms with Gasteiger partial charge in [-0.3, -0.25) is 0 Å². The molecule has 0 saturated carbocycles. The molecule has 0 bridgehead atoms. The van der Waals surface area contributed by atoms with Crippen LogP contribution in [0.3, 0.4) is 0 Å². The molecule has 1 N–H and O–H groups in total. The van der Waals surface area contributed by atoms with E-state index in [9.17, 15) is 4.39 Å². The summed E-state index contributed by atoms with van der Waals surface area (Å²) < 4.78 is 15.1. The Morgan fingerprint density at radius 3 is 2.83 bits per heavy atom. The van der Waals surface area contributed by atoms with Gasteiger partial charge in [-0.25, -0.2) is 9.37 Å². The molecule has 1 aliphatic rings. The molecule has 0 aromatic carbocycles. The maximum atomic E-state index is 13.1. The Hall–Kier alpha value is -0.840. The second-order valence-electron chi connectivity index (χ2n) is 4.38. The van der Waals surface area contributed by atoms with Crippen LogP contribution in [0.5, 0.6) is 0 Å². The number of fused-ring (bicyclic) bond motifs is 1. The van der Waals surface area contributed by atoms with Crippen LogP contribution in [0.4, 0.5) is 4.39 Å². The number of hydrogen-bond donors (Lipinski definition) is 1. The van der Waals surface area contributed by atoms with E-state index in [-0.39, 0.29) is 30.6 Å². The van der Waals surface area contributed by atoms with Gasteiger partial charge in [0.15, 0.2) is 0 Å². The normalized spacial score (nSPS) is 18.4. The molecule has 6 heteroatoms. The van der Waals surface area contributed by atoms with Crippen LogP contribution in [0.2, 0.25) is 0 Å². The Kier molecular flexibility index (Phi) is 4.96. The summed E-state index contributed by atoms with van der Waals surface area (Å²) in [6, 6.07) is 3.61. The van der Waals surface area contributed by atoms with Crippen molar-refractivity contribution in [3.8, 4) is 0 Å². The van der Waals surface area contributed by atoms with Gasteiger partial charge in [0.2, 0.25) is 0 Å². The molecule has 2 aromatic heterocycles. The zero-order valence-electron chi connectivity index (χ0n) is 10.0. The maximum absolute atomic E-state index is 13.1. The molecule has 0 aliphatic carbocycles. The van der Waals surface area contributed by atoms with Crippen molar-refractivity contribution in [1.29, 1.82) is 0 Å². The van der Waals surface area contributed by atoms with Crippen molar-refractivity contribution >= 4 is 35.8 Å². The first-order valence-corrected chi connectivity index (χ1v) is 5.57. The number of aryl methyl sites for hydroxylation is 1. The van der Waals surface area contributed by atoms with Gasteiger partial charge in [-0.15, -0.1) is 24.8 Å². The van der Waals surface area contributed by atoms with Gasteiger partial charge >= 0.3 is 0 Å². The summed E-state index contributed by atoms with van der Waals surface area (Å²) in [7, 11) is 2.00. The number of halogens is 3. The van der Waals surface area contributed by atoms with Crippen molar-refractivity contribution in [1.82, 2.24) is 14.9 Å². The number of rotatable bonds is 1. The lowest BCUT2D eigenvalue weighted by molar-refractivity contribution is 0.623. The molecule has 1 fully saturated rings. The lowest BCUT2D eigenvalue weighted by Gasteiger charge is -2.09. The van der Waals surface area contributed by atoms with Gasteiger partial charge in [0, 0.05) is 30.6 Å². The Bertz CT molecular complexity index is 535. The minimum Gasteiger partial charge on any atom is -0.332 e. The summed E-state index contributed by atoms with van der Waals surface area (Å²) in [6.07, 6.45) is 2.42. The molecular weight excluding hydrogens is 276 g/mol. The highest BCUT2D eigenvalue weighted by molar-refractivity contribution is 5.85. The predicted molar refractivity (Wildman–Crippen MR) is 75.4 cm³/mol. The highest BCUT2D eigenvalue weighted by atomic mass is 35.5. The van der Waals surface area contributed by atoms with Gasteiger partial charge in [-0.05, 0) is 25.1 Å². The summed E-state index contributed by atoms with van der Waals surface area (Å²) in [5.41, 5.74) is 2.11. The van der Waals surface area contributed by atoms with Crippen LogP contribution < -0.4 is 5.32 Å². The molecule has 0 radical (unpaired) electrons. The molecule has 3 rings (SSSR count). The first-order chi connectivity index (χ1) is 7.75. The molecule has 1 atom stereocenters. The summed E-state index contributed by atoms with van der Waals surface area (Å²) in [4.78, 5) is 4.14. The van der Waals surface area contributed by atoms with Crippen LogP contribution in [-0.2, 0) is 7.05 Å². The third-order valence-corrected chi connectivity index (χ3v) is 3.35. The van der Waals surface area contributed by atoms with Gasteiger partial charge in [-0.1, -0.05) is 0 Å². The highest BCUT2D eigenvalue weighted by Crippen LogP contribution is 2.27.